The van der Waals surface area contributed by atoms with Crippen LogP contribution in [0.1, 0.15) is 33.1 Å². The maximum atomic E-state index is 12.6. The van der Waals surface area contributed by atoms with Crippen LogP contribution in [0.3, 0.4) is 0 Å². The van der Waals surface area contributed by atoms with Crippen molar-refractivity contribution in [2.75, 3.05) is 19.6 Å². The highest BCUT2D eigenvalue weighted by atomic mass is 32.1. The molecule has 1 amide bonds. The van der Waals surface area contributed by atoms with Crippen molar-refractivity contribution >= 4 is 18.5 Å². The third-order valence-electron chi connectivity index (χ3n) is 8.20. The number of nitrogens with two attached hydrogens (primary N) is 4. The van der Waals surface area contributed by atoms with E-state index in [1.165, 1.54) is 13.8 Å². The van der Waals surface area contributed by atoms with Crippen molar-refractivity contribution in [3.05, 3.63) is 0 Å². The molecule has 2 saturated heterocycles. The summed E-state index contributed by atoms with van der Waals surface area (Å²) in [6.07, 6.45) is -15.1. The fourth-order valence-corrected chi connectivity index (χ4v) is 5.96. The molecule has 16 N–H and O–H groups in total. The van der Waals surface area contributed by atoms with Crippen LogP contribution in [-0.4, -0.2) is 151 Å². The molecule has 7 unspecified atom stereocenters. The van der Waals surface area contributed by atoms with Crippen LogP contribution in [-0.2, 0) is 23.7 Å². The van der Waals surface area contributed by atoms with Crippen molar-refractivity contribution in [3.8, 4) is 0 Å². The number of nitrogens with one attached hydrogen (secondary N) is 1. The minimum atomic E-state index is -1.95. The van der Waals surface area contributed by atoms with Gasteiger partial charge in [0.15, 0.2) is 12.1 Å². The molecule has 0 spiro atoms. The van der Waals surface area contributed by atoms with Crippen molar-refractivity contribution in [2.45, 2.75) is 123 Å². The quantitative estimate of drug-likeness (QED) is 0.0746. The monoisotopic (exact) mass is 629 g/mol. The molecule has 0 aromatic carbocycles. The number of carbonyl (C=O) groups is 1. The molecule has 3 aliphatic rings. The van der Waals surface area contributed by atoms with Crippen LogP contribution in [0.5, 0.6) is 0 Å². The van der Waals surface area contributed by atoms with E-state index in [0.29, 0.717) is 0 Å². The van der Waals surface area contributed by atoms with Crippen molar-refractivity contribution < 1.29 is 59.5 Å². The molecule has 17 nitrogen and oxygen atoms in total. The first-order valence-electron chi connectivity index (χ1n) is 13.8. The number of amides is 1. The molecule has 0 aromatic heterocycles. The van der Waals surface area contributed by atoms with E-state index in [1.54, 1.807) is 0 Å². The molecule has 1 aliphatic carbocycles. The number of aliphatic hydroxyl groups is 7. The Morgan fingerprint density at radius 1 is 1.14 bits per heavy atom. The Morgan fingerprint density at radius 2 is 1.79 bits per heavy atom. The first-order valence-corrected chi connectivity index (χ1v) is 14.3. The molecule has 246 valence electrons. The predicted octanol–water partition coefficient (Wildman–Crippen LogP) is -6.36. The van der Waals surface area contributed by atoms with Crippen LogP contribution in [0.15, 0.2) is 0 Å². The third-order valence-corrected chi connectivity index (χ3v) is 8.45. The number of carbonyl (C=O) groups excluding carboxylic acids is 1. The molecule has 2 heterocycles. The van der Waals surface area contributed by atoms with Gasteiger partial charge >= 0.3 is 0 Å². The van der Waals surface area contributed by atoms with Crippen LogP contribution in [0, 0.1) is 0 Å². The van der Waals surface area contributed by atoms with Gasteiger partial charge in [0.25, 0.3) is 0 Å². The summed E-state index contributed by atoms with van der Waals surface area (Å²) in [5, 5.41) is 76.8. The van der Waals surface area contributed by atoms with Gasteiger partial charge in [-0.25, -0.2) is 0 Å². The lowest BCUT2D eigenvalue weighted by atomic mass is 9.74. The van der Waals surface area contributed by atoms with E-state index < -0.39 is 102 Å². The van der Waals surface area contributed by atoms with Crippen molar-refractivity contribution in [1.29, 1.82) is 0 Å². The standard InChI is InChI=1S/C24H47N5O12S/c1-22(41-21-16(34)15(33)13(7-26)38-21)17(35)10(29-20(36)11(30)3-4-25)5-9(28)18(22)39-24(8-27)6-12(31)14(32)19(40-24)23(2,37)42/h9-19,21,30-35,37,42H,3-8,25-28H2,1-2H3,(H,29,36)/t9?,10-,11+,12?,13-,14+,15?,16?,17?,18-,19?,21+,22+,23-,24?/m1/s1. The first-order chi connectivity index (χ1) is 19.4. The zero-order valence-electron chi connectivity index (χ0n) is 23.6. The topological polar surface area (TPSA) is 312 Å². The highest BCUT2D eigenvalue weighted by Crippen LogP contribution is 2.43. The lowest BCUT2D eigenvalue weighted by Crippen LogP contribution is -2.74. The van der Waals surface area contributed by atoms with E-state index in [1.807, 2.05) is 0 Å². The van der Waals surface area contributed by atoms with Gasteiger partial charge in [-0.3, -0.25) is 4.79 Å². The second kappa shape index (κ2) is 13.7. The van der Waals surface area contributed by atoms with Crippen LogP contribution >= 0.6 is 12.6 Å². The minimum Gasteiger partial charge on any atom is -0.390 e. The van der Waals surface area contributed by atoms with E-state index in [0.717, 1.165) is 0 Å². The summed E-state index contributed by atoms with van der Waals surface area (Å²) in [7, 11) is 0. The average Bonchev–Trinajstić information content (AvgIpc) is 3.18. The van der Waals surface area contributed by atoms with Gasteiger partial charge in [0.2, 0.25) is 5.91 Å². The number of hydrogen-bond donors (Lipinski definition) is 13. The molecule has 15 atom stereocenters. The van der Waals surface area contributed by atoms with Crippen molar-refractivity contribution in [2.24, 2.45) is 22.9 Å². The molecule has 42 heavy (non-hydrogen) atoms. The predicted molar refractivity (Wildman–Crippen MR) is 147 cm³/mol. The van der Waals surface area contributed by atoms with Crippen LogP contribution < -0.4 is 28.3 Å². The molecule has 1 saturated carbocycles. The van der Waals surface area contributed by atoms with Crippen molar-refractivity contribution in [3.63, 3.8) is 0 Å². The Balaban J connectivity index is 1.99. The Hall–Kier alpha value is -0.780. The average molecular weight is 630 g/mol. The van der Waals surface area contributed by atoms with Crippen LogP contribution in [0.25, 0.3) is 0 Å². The zero-order chi connectivity index (χ0) is 31.8. The summed E-state index contributed by atoms with van der Waals surface area (Å²) in [4.78, 5) is 10.7. The van der Waals surface area contributed by atoms with Crippen LogP contribution in [0.2, 0.25) is 0 Å². The number of ether oxygens (including phenoxy) is 4. The van der Waals surface area contributed by atoms with Gasteiger partial charge in [-0.2, -0.15) is 0 Å². The van der Waals surface area contributed by atoms with Gasteiger partial charge in [0, 0.05) is 25.6 Å². The van der Waals surface area contributed by atoms with Gasteiger partial charge in [-0.1, -0.05) is 0 Å². The lowest BCUT2D eigenvalue weighted by Gasteiger charge is -2.55. The number of hydrogen-bond acceptors (Lipinski definition) is 17. The van der Waals surface area contributed by atoms with E-state index in [4.69, 9.17) is 41.9 Å². The van der Waals surface area contributed by atoms with Gasteiger partial charge < -0.3 is 82.9 Å². The molecule has 0 bridgehead atoms. The van der Waals surface area contributed by atoms with E-state index in [9.17, 15) is 40.5 Å². The molecule has 3 fully saturated rings. The Morgan fingerprint density at radius 3 is 2.31 bits per heavy atom. The third kappa shape index (κ3) is 7.20. The van der Waals surface area contributed by atoms with Crippen LogP contribution in [0.4, 0.5) is 0 Å². The summed E-state index contributed by atoms with van der Waals surface area (Å²) < 4.78 is 23.9. The highest BCUT2D eigenvalue weighted by Gasteiger charge is 2.61. The molecule has 0 aromatic rings. The lowest BCUT2D eigenvalue weighted by molar-refractivity contribution is -0.374. The second-order valence-electron chi connectivity index (χ2n) is 11.7. The SMILES string of the molecule is C[C@]1(O[C@@H]2O[C@H](CN)C(O)C2O)C(O)[C@H](NC(=O)[C@@H](O)CCN)CC(N)[C@H]1OC1(CN)CC(O)[C@H](O)C([C@](C)(O)S)O1. The minimum absolute atomic E-state index is 0.0293. The van der Waals surface area contributed by atoms with Gasteiger partial charge in [-0.05, 0) is 33.2 Å². The molecule has 18 heteroatoms. The fraction of sp³-hybridized carbons (Fsp3) is 0.958. The number of rotatable bonds is 11. The molecule has 0 radical (unpaired) electrons. The number of thiol groups is 1. The fourth-order valence-electron chi connectivity index (χ4n) is 5.75. The molecule has 2 aliphatic heterocycles. The first kappa shape index (κ1) is 35.7. The maximum Gasteiger partial charge on any atom is 0.249 e. The van der Waals surface area contributed by atoms with Crippen molar-refractivity contribution in [1.82, 2.24) is 5.32 Å². The highest BCUT2D eigenvalue weighted by molar-refractivity contribution is 7.81. The van der Waals surface area contributed by atoms with Gasteiger partial charge in [0.1, 0.15) is 59.4 Å². The summed E-state index contributed by atoms with van der Waals surface area (Å²) in [6.45, 7) is 2.04. The normalized spacial score (nSPS) is 46.7. The largest absolute Gasteiger partial charge is 0.390 e. The summed E-state index contributed by atoms with van der Waals surface area (Å²) in [5.74, 6) is -2.72. The van der Waals surface area contributed by atoms with Gasteiger partial charge in [0.05, 0.1) is 12.1 Å². The maximum absolute atomic E-state index is 12.6. The van der Waals surface area contributed by atoms with Gasteiger partial charge in [-0.15, -0.1) is 12.6 Å². The second-order valence-corrected chi connectivity index (χ2v) is 12.6. The molecule has 3 rings (SSSR count). The smallest absolute Gasteiger partial charge is 0.249 e. The Bertz CT molecular complexity index is 922. The van der Waals surface area contributed by atoms with E-state index >= 15 is 0 Å². The summed E-state index contributed by atoms with van der Waals surface area (Å²) in [6, 6.07) is -2.17. The Kier molecular flexibility index (Phi) is 11.6. The van der Waals surface area contributed by atoms with E-state index in [-0.39, 0.29) is 32.4 Å². The number of aliphatic hydroxyl groups excluding tert-OH is 6. The summed E-state index contributed by atoms with van der Waals surface area (Å²) in [5.41, 5.74) is 21.7. The zero-order valence-corrected chi connectivity index (χ0v) is 24.5. The molecular weight excluding hydrogens is 582 g/mol. The molecular formula is C24H47N5O12S. The van der Waals surface area contributed by atoms with E-state index in [2.05, 4.69) is 17.9 Å². The Labute approximate surface area is 248 Å². The summed E-state index contributed by atoms with van der Waals surface area (Å²) >= 11 is 4.06.